The molecule has 3 aromatic rings. The van der Waals surface area contributed by atoms with E-state index in [0.717, 1.165) is 16.9 Å². The molecule has 0 saturated carbocycles. The molecule has 0 spiro atoms. The van der Waals surface area contributed by atoms with Crippen LogP contribution >= 0.6 is 22.9 Å². The molecule has 3 aromatic heterocycles. The highest BCUT2D eigenvalue weighted by atomic mass is 127. The first-order chi connectivity index (χ1) is 7.70. The average Bonchev–Trinajstić information content (AvgIpc) is 2.85. The second-order valence-electron chi connectivity index (χ2n) is 3.80. The first-order valence-electron chi connectivity index (χ1n) is 5.08. The number of aryl methyl sites for hydroxylation is 1. The molecule has 0 atom stereocenters. The summed E-state index contributed by atoms with van der Waals surface area (Å²) in [5.74, 6) is 0.895. The first kappa shape index (κ1) is 9.95. The number of aromatic amines is 2. The van der Waals surface area contributed by atoms with Crippen LogP contribution in [-0.4, -0.2) is 19.0 Å². The number of hydrogen-bond donors (Lipinski definition) is 2. The lowest BCUT2D eigenvalue weighted by Crippen LogP contribution is -1.73. The number of hydrogen-bond acceptors (Lipinski definition) is 1. The Labute approximate surface area is 106 Å². The number of fused-ring (bicyclic) bond motifs is 3. The van der Waals surface area contributed by atoms with Gasteiger partial charge >= 0.3 is 0 Å². The lowest BCUT2D eigenvalue weighted by Gasteiger charge is -1.88. The molecule has 3 heterocycles. The van der Waals surface area contributed by atoms with Gasteiger partial charge in [0.25, 0.3) is 0 Å². The average molecular weight is 326 g/mol. The maximum Gasteiger partial charge on any atom is 0.132 e. The molecule has 2 N–H and O–H groups in total. The Morgan fingerprint density at radius 3 is 2.69 bits per heavy atom. The summed E-state index contributed by atoms with van der Waals surface area (Å²) >= 11 is 2.31. The summed E-state index contributed by atoms with van der Waals surface area (Å²) in [6.45, 7) is 3.98. The van der Waals surface area contributed by atoms with Crippen LogP contribution in [0.5, 0.6) is 0 Å². The maximum absolute atomic E-state index is 4.26. The lowest BCUT2D eigenvalue weighted by molar-refractivity contribution is 1.30. The van der Waals surface area contributed by atoms with Crippen molar-refractivity contribution in [3.63, 3.8) is 0 Å². The number of rotatable bonds is 1. The summed E-state index contributed by atoms with van der Waals surface area (Å²) in [4.78, 5) is 10.9. The quantitative estimate of drug-likeness (QED) is 0.506. The molecule has 5 heteroatoms. The van der Waals surface area contributed by atoms with Crippen molar-refractivity contribution >= 4 is 57.0 Å². The second kappa shape index (κ2) is 3.38. The van der Waals surface area contributed by atoms with Crippen molar-refractivity contribution in [2.45, 2.75) is 13.8 Å². The van der Waals surface area contributed by atoms with Crippen LogP contribution in [0.3, 0.4) is 0 Å². The zero-order valence-corrected chi connectivity index (χ0v) is 11.2. The van der Waals surface area contributed by atoms with E-state index < -0.39 is 0 Å². The van der Waals surface area contributed by atoms with Crippen LogP contribution in [0.2, 0.25) is 0 Å². The largest absolute Gasteiger partial charge is 0.356 e. The van der Waals surface area contributed by atoms with Gasteiger partial charge in [0.05, 0.1) is 44.9 Å². The number of halogens is 1. The summed E-state index contributed by atoms with van der Waals surface area (Å²) in [6.07, 6.45) is 1.79. The van der Waals surface area contributed by atoms with Crippen LogP contribution in [0.4, 0.5) is 5.82 Å². The van der Waals surface area contributed by atoms with Gasteiger partial charge in [-0.25, -0.2) is 4.99 Å². The molecule has 0 unspecified atom stereocenters. The monoisotopic (exact) mass is 326 g/mol. The molecule has 0 aliphatic heterocycles. The van der Waals surface area contributed by atoms with Gasteiger partial charge in [-0.05, 0) is 19.9 Å². The lowest BCUT2D eigenvalue weighted by atomic mass is 10.4. The van der Waals surface area contributed by atoms with Gasteiger partial charge in [0.1, 0.15) is 5.82 Å². The zero-order valence-electron chi connectivity index (χ0n) is 9.00. The van der Waals surface area contributed by atoms with Crippen LogP contribution in [-0.2, 0) is 0 Å². The third-order valence-electron chi connectivity index (χ3n) is 2.66. The van der Waals surface area contributed by atoms with Gasteiger partial charge in [-0.3, -0.25) is 2.78 Å². The van der Waals surface area contributed by atoms with Gasteiger partial charge in [-0.1, -0.05) is 0 Å². The Balaban J connectivity index is 2.42. The summed E-state index contributed by atoms with van der Waals surface area (Å²) < 4.78 is 2.15. The summed E-state index contributed by atoms with van der Waals surface area (Å²) in [5.41, 5.74) is 5.83. The van der Waals surface area contributed by atoms with Crippen LogP contribution < -0.4 is 0 Å². The Bertz CT molecular complexity index is 698. The maximum atomic E-state index is 4.26. The van der Waals surface area contributed by atoms with Gasteiger partial charge in [-0.2, -0.15) is 0 Å². The molecule has 0 amide bonds. The van der Waals surface area contributed by atoms with E-state index in [-0.39, 0.29) is 0 Å². The van der Waals surface area contributed by atoms with Gasteiger partial charge in [0.15, 0.2) is 0 Å². The SMILES string of the molecule is CC=Nc1cc2c([nH]1)c1[nH]c(C)cc1n2I. The first-order valence-corrected chi connectivity index (χ1v) is 6.04. The predicted molar refractivity (Wildman–Crippen MR) is 76.1 cm³/mol. The van der Waals surface area contributed by atoms with Gasteiger partial charge in [-0.15, -0.1) is 0 Å². The molecule has 4 nitrogen and oxygen atoms in total. The van der Waals surface area contributed by atoms with E-state index in [1.165, 1.54) is 16.7 Å². The van der Waals surface area contributed by atoms with Crippen molar-refractivity contribution < 1.29 is 0 Å². The molecule has 16 heavy (non-hydrogen) atoms. The fraction of sp³-hybridized carbons (Fsp3) is 0.182. The summed E-state index contributed by atoms with van der Waals surface area (Å²) in [5, 5.41) is 0. The molecule has 82 valence electrons. The topological polar surface area (TPSA) is 48.9 Å². The highest BCUT2D eigenvalue weighted by Gasteiger charge is 2.13. The smallest absolute Gasteiger partial charge is 0.132 e. The van der Waals surface area contributed by atoms with E-state index >= 15 is 0 Å². The molecule has 0 aliphatic rings. The Kier molecular flexibility index (Phi) is 2.10. The predicted octanol–water partition coefficient (Wildman–Crippen LogP) is 3.68. The normalized spacial score (nSPS) is 12.4. The molecular weight excluding hydrogens is 315 g/mol. The zero-order chi connectivity index (χ0) is 11.3. The van der Waals surface area contributed by atoms with Crippen molar-refractivity contribution in [2.24, 2.45) is 4.99 Å². The van der Waals surface area contributed by atoms with Crippen molar-refractivity contribution in [3.8, 4) is 0 Å². The van der Waals surface area contributed by atoms with E-state index in [1.807, 2.05) is 6.92 Å². The van der Waals surface area contributed by atoms with E-state index in [0.29, 0.717) is 0 Å². The molecular formula is C11H11IN4. The Morgan fingerprint density at radius 1 is 1.25 bits per heavy atom. The minimum absolute atomic E-state index is 0.895. The molecule has 3 rings (SSSR count). The molecule has 0 aliphatic carbocycles. The fourth-order valence-corrected chi connectivity index (χ4v) is 2.79. The van der Waals surface area contributed by atoms with Crippen molar-refractivity contribution in [1.29, 1.82) is 0 Å². The summed E-state index contributed by atoms with van der Waals surface area (Å²) in [6, 6.07) is 4.21. The van der Waals surface area contributed by atoms with Crippen molar-refractivity contribution in [1.82, 2.24) is 12.7 Å². The molecule has 0 aromatic carbocycles. The van der Waals surface area contributed by atoms with E-state index in [2.05, 4.69) is 59.7 Å². The van der Waals surface area contributed by atoms with Crippen LogP contribution in [0.25, 0.3) is 22.1 Å². The summed E-state index contributed by atoms with van der Waals surface area (Å²) in [7, 11) is 0. The van der Waals surface area contributed by atoms with Crippen LogP contribution in [0.1, 0.15) is 12.6 Å². The number of H-pyrrole nitrogens is 2. The second-order valence-corrected chi connectivity index (χ2v) is 4.76. The number of nitrogens with one attached hydrogen (secondary N) is 2. The van der Waals surface area contributed by atoms with E-state index in [1.54, 1.807) is 6.21 Å². The van der Waals surface area contributed by atoms with Gasteiger partial charge in [0, 0.05) is 18.0 Å². The van der Waals surface area contributed by atoms with Gasteiger partial charge in [0.2, 0.25) is 0 Å². The van der Waals surface area contributed by atoms with Gasteiger partial charge < -0.3 is 9.97 Å². The Morgan fingerprint density at radius 2 is 1.94 bits per heavy atom. The minimum atomic E-state index is 0.895. The van der Waals surface area contributed by atoms with E-state index in [9.17, 15) is 0 Å². The van der Waals surface area contributed by atoms with Crippen molar-refractivity contribution in [3.05, 3.63) is 17.8 Å². The standard InChI is InChI=1S/C11H11IN4/c1-3-13-9-5-8-11(15-9)10-7(16(8)12)4-6(2)14-10/h3-5,14-15H,1-2H3. The molecule has 0 radical (unpaired) electrons. The number of nitrogens with zero attached hydrogens (tertiary/aromatic N) is 2. The van der Waals surface area contributed by atoms with E-state index in [4.69, 9.17) is 0 Å². The highest BCUT2D eigenvalue weighted by Crippen LogP contribution is 2.33. The minimum Gasteiger partial charge on any atom is -0.356 e. The fourth-order valence-electron chi connectivity index (χ4n) is 2.03. The number of aromatic nitrogens is 3. The molecule has 0 saturated heterocycles. The Hall–Kier alpha value is -1.24. The van der Waals surface area contributed by atoms with Crippen LogP contribution in [0.15, 0.2) is 17.1 Å². The van der Waals surface area contributed by atoms with Crippen LogP contribution in [0, 0.1) is 6.92 Å². The molecule has 0 bridgehead atoms. The number of aliphatic imine (C=N–C) groups is 1. The third kappa shape index (κ3) is 1.24. The van der Waals surface area contributed by atoms with Crippen molar-refractivity contribution in [2.75, 3.05) is 0 Å². The highest BCUT2D eigenvalue weighted by molar-refractivity contribution is 14.1. The molecule has 0 fully saturated rings. The third-order valence-corrected chi connectivity index (χ3v) is 3.69.